The van der Waals surface area contributed by atoms with E-state index < -0.39 is 0 Å². The van der Waals surface area contributed by atoms with Crippen LogP contribution >= 0.6 is 0 Å². The van der Waals surface area contributed by atoms with Crippen molar-refractivity contribution in [3.8, 4) is 0 Å². The average molecular weight is 279 g/mol. The van der Waals surface area contributed by atoms with Gasteiger partial charge in [-0.15, -0.1) is 5.10 Å². The molecule has 7 nitrogen and oxygen atoms in total. The first-order valence-corrected chi connectivity index (χ1v) is 6.67. The molecule has 0 bridgehead atoms. The highest BCUT2D eigenvalue weighted by atomic mass is 16.5. The Kier molecular flexibility index (Phi) is 4.86. The van der Waals surface area contributed by atoms with E-state index in [-0.39, 0.29) is 5.97 Å². The number of hydrogen-bond donors (Lipinski definition) is 0. The third-order valence-electron chi connectivity index (χ3n) is 3.37. The van der Waals surface area contributed by atoms with Crippen molar-refractivity contribution in [2.75, 3.05) is 40.3 Å². The SMILES string of the molecule is COC(=O)C(C)=Cn1cc(CN2CCN(C)CC2)nn1. The van der Waals surface area contributed by atoms with Crippen LogP contribution in [0.2, 0.25) is 0 Å². The van der Waals surface area contributed by atoms with Crippen molar-refractivity contribution < 1.29 is 9.53 Å². The molecule has 1 aromatic rings. The Morgan fingerprint density at radius 3 is 2.75 bits per heavy atom. The quantitative estimate of drug-likeness (QED) is 0.573. The number of ether oxygens (including phenoxy) is 1. The van der Waals surface area contributed by atoms with Crippen molar-refractivity contribution in [2.45, 2.75) is 13.5 Å². The maximum absolute atomic E-state index is 11.3. The molecule has 0 amide bonds. The summed E-state index contributed by atoms with van der Waals surface area (Å²) in [6.45, 7) is 6.72. The molecule has 2 rings (SSSR count). The van der Waals surface area contributed by atoms with Crippen LogP contribution in [0.15, 0.2) is 11.8 Å². The molecule has 1 saturated heterocycles. The van der Waals surface area contributed by atoms with Gasteiger partial charge in [-0.2, -0.15) is 0 Å². The lowest BCUT2D eigenvalue weighted by Crippen LogP contribution is -2.43. The molecule has 2 heterocycles. The summed E-state index contributed by atoms with van der Waals surface area (Å²) in [6.07, 6.45) is 3.46. The molecule has 0 unspecified atom stereocenters. The molecule has 110 valence electrons. The van der Waals surface area contributed by atoms with E-state index in [4.69, 9.17) is 0 Å². The van der Waals surface area contributed by atoms with Gasteiger partial charge < -0.3 is 9.64 Å². The van der Waals surface area contributed by atoms with Crippen molar-refractivity contribution in [3.63, 3.8) is 0 Å². The van der Waals surface area contributed by atoms with Crippen LogP contribution in [-0.4, -0.2) is 71.1 Å². The van der Waals surface area contributed by atoms with Crippen LogP contribution in [0.4, 0.5) is 0 Å². The van der Waals surface area contributed by atoms with Gasteiger partial charge in [0.05, 0.1) is 24.6 Å². The zero-order valence-electron chi connectivity index (χ0n) is 12.2. The summed E-state index contributed by atoms with van der Waals surface area (Å²) in [6, 6.07) is 0. The van der Waals surface area contributed by atoms with Crippen molar-refractivity contribution >= 4 is 12.2 Å². The molecule has 0 atom stereocenters. The normalized spacial score (nSPS) is 18.2. The molecule has 0 aliphatic carbocycles. The zero-order valence-corrected chi connectivity index (χ0v) is 12.2. The van der Waals surface area contributed by atoms with Gasteiger partial charge in [-0.25, -0.2) is 9.48 Å². The molecule has 1 aliphatic rings. The summed E-state index contributed by atoms with van der Waals surface area (Å²) < 4.78 is 6.19. The summed E-state index contributed by atoms with van der Waals surface area (Å²) in [5.74, 6) is -0.360. The average Bonchev–Trinajstić information content (AvgIpc) is 2.87. The number of esters is 1. The standard InChI is InChI=1S/C13H21N5O2/c1-11(13(19)20-3)8-18-10-12(14-15-18)9-17-6-4-16(2)5-7-17/h8,10H,4-7,9H2,1-3H3. The number of carbonyl (C=O) groups excluding carboxylic acids is 1. The number of aromatic nitrogens is 3. The topological polar surface area (TPSA) is 63.5 Å². The minimum atomic E-state index is -0.360. The maximum atomic E-state index is 11.3. The van der Waals surface area contributed by atoms with Gasteiger partial charge in [0.1, 0.15) is 0 Å². The minimum Gasteiger partial charge on any atom is -0.466 e. The molecular formula is C13H21N5O2. The van der Waals surface area contributed by atoms with E-state index in [0.29, 0.717) is 5.57 Å². The highest BCUT2D eigenvalue weighted by molar-refractivity contribution is 5.90. The first-order valence-electron chi connectivity index (χ1n) is 6.67. The number of piperazine rings is 1. The second kappa shape index (κ2) is 6.62. The first-order chi connectivity index (χ1) is 9.58. The fraction of sp³-hybridized carbons (Fsp3) is 0.615. The van der Waals surface area contributed by atoms with Crippen molar-refractivity contribution in [2.24, 2.45) is 0 Å². The van der Waals surface area contributed by atoms with E-state index in [2.05, 4.69) is 31.9 Å². The Hall–Kier alpha value is -1.73. The Bertz CT molecular complexity index is 489. The molecule has 1 aromatic heterocycles. The van der Waals surface area contributed by atoms with Crippen molar-refractivity contribution in [1.29, 1.82) is 0 Å². The number of likely N-dealkylation sites (N-methyl/N-ethyl adjacent to an activating group) is 1. The zero-order chi connectivity index (χ0) is 14.5. The lowest BCUT2D eigenvalue weighted by atomic mass is 10.3. The van der Waals surface area contributed by atoms with Gasteiger partial charge in [0.2, 0.25) is 0 Å². The molecule has 1 aliphatic heterocycles. The fourth-order valence-corrected chi connectivity index (χ4v) is 2.10. The Morgan fingerprint density at radius 2 is 2.10 bits per heavy atom. The predicted octanol–water partition coefficient (Wildman–Crippen LogP) is 0.0593. The first kappa shape index (κ1) is 14.7. The summed E-state index contributed by atoms with van der Waals surface area (Å²) in [4.78, 5) is 16.0. The van der Waals surface area contributed by atoms with Crippen LogP contribution in [0.3, 0.4) is 0 Å². The molecule has 1 fully saturated rings. The Morgan fingerprint density at radius 1 is 1.40 bits per heavy atom. The Balaban J connectivity index is 1.94. The molecular weight excluding hydrogens is 258 g/mol. The van der Waals surface area contributed by atoms with Gasteiger partial charge in [-0.05, 0) is 14.0 Å². The van der Waals surface area contributed by atoms with E-state index in [1.165, 1.54) is 7.11 Å². The lowest BCUT2D eigenvalue weighted by molar-refractivity contribution is -0.135. The Labute approximate surface area is 118 Å². The maximum Gasteiger partial charge on any atom is 0.334 e. The van der Waals surface area contributed by atoms with Crippen LogP contribution in [0.5, 0.6) is 0 Å². The van der Waals surface area contributed by atoms with Crippen LogP contribution in [-0.2, 0) is 16.1 Å². The van der Waals surface area contributed by atoms with E-state index in [1.54, 1.807) is 17.8 Å². The number of carbonyl (C=O) groups is 1. The van der Waals surface area contributed by atoms with E-state index in [9.17, 15) is 4.79 Å². The second-order valence-corrected chi connectivity index (χ2v) is 5.07. The van der Waals surface area contributed by atoms with Gasteiger partial charge in [-0.3, -0.25) is 4.90 Å². The third kappa shape index (κ3) is 3.88. The predicted molar refractivity (Wildman–Crippen MR) is 74.8 cm³/mol. The fourth-order valence-electron chi connectivity index (χ4n) is 2.10. The van der Waals surface area contributed by atoms with Crippen LogP contribution in [0.1, 0.15) is 12.6 Å². The number of nitrogens with zero attached hydrogens (tertiary/aromatic N) is 5. The summed E-state index contributed by atoms with van der Waals surface area (Å²) in [5, 5.41) is 8.13. The van der Waals surface area contributed by atoms with Crippen LogP contribution in [0.25, 0.3) is 6.20 Å². The minimum absolute atomic E-state index is 0.360. The van der Waals surface area contributed by atoms with E-state index in [0.717, 1.165) is 38.4 Å². The van der Waals surface area contributed by atoms with E-state index >= 15 is 0 Å². The van der Waals surface area contributed by atoms with Gasteiger partial charge in [0.15, 0.2) is 0 Å². The molecule has 0 saturated carbocycles. The van der Waals surface area contributed by atoms with Gasteiger partial charge in [0.25, 0.3) is 0 Å². The highest BCUT2D eigenvalue weighted by Gasteiger charge is 2.15. The third-order valence-corrected chi connectivity index (χ3v) is 3.37. The smallest absolute Gasteiger partial charge is 0.334 e. The monoisotopic (exact) mass is 279 g/mol. The molecule has 20 heavy (non-hydrogen) atoms. The van der Waals surface area contributed by atoms with Gasteiger partial charge >= 0.3 is 5.97 Å². The summed E-state index contributed by atoms with van der Waals surface area (Å²) >= 11 is 0. The van der Waals surface area contributed by atoms with E-state index in [1.807, 2.05) is 6.20 Å². The molecule has 0 radical (unpaired) electrons. The molecule has 0 aromatic carbocycles. The molecule has 0 N–H and O–H groups in total. The molecule has 7 heteroatoms. The second-order valence-electron chi connectivity index (χ2n) is 5.07. The number of rotatable bonds is 4. The van der Waals surface area contributed by atoms with Gasteiger partial charge in [-0.1, -0.05) is 5.21 Å². The number of hydrogen-bond acceptors (Lipinski definition) is 6. The van der Waals surface area contributed by atoms with Crippen molar-refractivity contribution in [3.05, 3.63) is 17.5 Å². The lowest BCUT2D eigenvalue weighted by Gasteiger charge is -2.31. The van der Waals surface area contributed by atoms with Crippen LogP contribution < -0.4 is 0 Å². The summed E-state index contributed by atoms with van der Waals surface area (Å²) in [5.41, 5.74) is 1.40. The van der Waals surface area contributed by atoms with Crippen LogP contribution in [0, 0.1) is 0 Å². The summed E-state index contributed by atoms with van der Waals surface area (Å²) in [7, 11) is 3.49. The molecule has 0 spiro atoms. The highest BCUT2D eigenvalue weighted by Crippen LogP contribution is 2.06. The largest absolute Gasteiger partial charge is 0.466 e. The van der Waals surface area contributed by atoms with Crippen molar-refractivity contribution in [1.82, 2.24) is 24.8 Å². The van der Waals surface area contributed by atoms with Gasteiger partial charge in [0, 0.05) is 38.9 Å². The number of methoxy groups -OCH3 is 1.